The number of nitrogens with one attached hydrogen (secondary N) is 1. The lowest BCUT2D eigenvalue weighted by Gasteiger charge is -2.26. The van der Waals surface area contributed by atoms with Crippen molar-refractivity contribution in [3.63, 3.8) is 0 Å². The molecule has 1 saturated heterocycles. The predicted molar refractivity (Wildman–Crippen MR) is 78.4 cm³/mol. The molecule has 2 rings (SSSR count). The largest absolute Gasteiger partial charge is 0.395 e. The van der Waals surface area contributed by atoms with Crippen molar-refractivity contribution >= 4 is 15.9 Å². The number of benzene rings is 1. The van der Waals surface area contributed by atoms with Gasteiger partial charge >= 0.3 is 0 Å². The molecule has 0 spiro atoms. The summed E-state index contributed by atoms with van der Waals surface area (Å²) in [6, 6.07) is 3.24. The molecule has 0 aromatic heterocycles. The fourth-order valence-electron chi connectivity index (χ4n) is 2.36. The Bertz CT molecular complexity index is 642. The van der Waals surface area contributed by atoms with Crippen molar-refractivity contribution in [2.24, 2.45) is 0 Å². The number of aliphatic hydroxyl groups excluding tert-OH is 1. The highest BCUT2D eigenvalue weighted by Crippen LogP contribution is 2.23. The summed E-state index contributed by atoms with van der Waals surface area (Å²) in [5.74, 6) is -1.42. The number of hydrogen-bond donors (Lipinski definition) is 2. The molecule has 1 fully saturated rings. The molecule has 0 bridgehead atoms. The molecule has 0 radical (unpaired) electrons. The average Bonchev–Trinajstić information content (AvgIpc) is 2.53. The van der Waals surface area contributed by atoms with Crippen LogP contribution in [0.2, 0.25) is 0 Å². The summed E-state index contributed by atoms with van der Waals surface area (Å²) in [6.45, 7) is 0.543. The first-order chi connectivity index (χ1) is 10.5. The van der Waals surface area contributed by atoms with Gasteiger partial charge < -0.3 is 10.4 Å². The summed E-state index contributed by atoms with van der Waals surface area (Å²) in [4.78, 5) is 11.3. The minimum Gasteiger partial charge on any atom is -0.395 e. The summed E-state index contributed by atoms with van der Waals surface area (Å²) in [5, 5.41) is 11.1. The van der Waals surface area contributed by atoms with E-state index in [9.17, 15) is 17.6 Å². The van der Waals surface area contributed by atoms with E-state index in [1.165, 1.54) is 10.4 Å². The molecule has 1 heterocycles. The van der Waals surface area contributed by atoms with E-state index in [-0.39, 0.29) is 18.7 Å². The van der Waals surface area contributed by atoms with Gasteiger partial charge in [0.05, 0.1) is 6.61 Å². The summed E-state index contributed by atoms with van der Waals surface area (Å²) in [5.41, 5.74) is 0.0467. The highest BCUT2D eigenvalue weighted by molar-refractivity contribution is 7.89. The van der Waals surface area contributed by atoms with Crippen LogP contribution < -0.4 is 5.32 Å². The highest BCUT2D eigenvalue weighted by Gasteiger charge is 2.29. The lowest BCUT2D eigenvalue weighted by molar-refractivity contribution is 0.0944. The predicted octanol–water partition coefficient (Wildman–Crippen LogP) is 0.722. The number of carbonyl (C=O) groups excluding carboxylic acids is 1. The molecule has 8 heteroatoms. The number of nitrogens with zero attached hydrogens (tertiary/aromatic N) is 1. The van der Waals surface area contributed by atoms with Gasteiger partial charge in [0.2, 0.25) is 10.0 Å². The minimum absolute atomic E-state index is 0.0460. The zero-order valence-electron chi connectivity index (χ0n) is 12.1. The van der Waals surface area contributed by atoms with Crippen LogP contribution in [-0.4, -0.2) is 50.0 Å². The Balaban J connectivity index is 2.31. The highest BCUT2D eigenvalue weighted by atomic mass is 32.2. The summed E-state index contributed by atoms with van der Waals surface area (Å²) in [7, 11) is -3.94. The van der Waals surface area contributed by atoms with Gasteiger partial charge in [0, 0.05) is 25.2 Å². The fourth-order valence-corrected chi connectivity index (χ4v) is 3.97. The quantitative estimate of drug-likeness (QED) is 0.833. The first-order valence-corrected chi connectivity index (χ1v) is 8.59. The molecule has 22 heavy (non-hydrogen) atoms. The average molecular weight is 330 g/mol. The number of aliphatic hydroxyl groups is 1. The maximum absolute atomic E-state index is 14.0. The Labute approximate surface area is 129 Å². The van der Waals surface area contributed by atoms with Crippen molar-refractivity contribution in [1.29, 1.82) is 0 Å². The number of hydrogen-bond acceptors (Lipinski definition) is 4. The summed E-state index contributed by atoms with van der Waals surface area (Å²) >= 11 is 0. The third-order valence-corrected chi connectivity index (χ3v) is 5.44. The first kappa shape index (κ1) is 16.9. The second kappa shape index (κ2) is 7.17. The van der Waals surface area contributed by atoms with Crippen molar-refractivity contribution in [2.75, 3.05) is 26.2 Å². The monoisotopic (exact) mass is 330 g/mol. The number of rotatable bonds is 5. The van der Waals surface area contributed by atoms with Gasteiger partial charge in [0.15, 0.2) is 0 Å². The smallest absolute Gasteiger partial charge is 0.251 e. The molecular formula is C14H19FN2O4S. The lowest BCUT2D eigenvalue weighted by Crippen LogP contribution is -2.36. The van der Waals surface area contributed by atoms with Crippen LogP contribution >= 0.6 is 0 Å². The van der Waals surface area contributed by atoms with Crippen molar-refractivity contribution in [3.8, 4) is 0 Å². The van der Waals surface area contributed by atoms with Crippen LogP contribution in [0.4, 0.5) is 4.39 Å². The zero-order valence-corrected chi connectivity index (χ0v) is 12.9. The molecule has 122 valence electrons. The molecule has 1 aliphatic heterocycles. The van der Waals surface area contributed by atoms with Crippen LogP contribution in [0.25, 0.3) is 0 Å². The Morgan fingerprint density at radius 2 is 1.95 bits per heavy atom. The Kier molecular flexibility index (Phi) is 5.49. The molecule has 0 atom stereocenters. The molecule has 1 aromatic rings. The van der Waals surface area contributed by atoms with Crippen molar-refractivity contribution in [1.82, 2.24) is 9.62 Å². The molecule has 0 saturated carbocycles. The summed E-state index contributed by atoms with van der Waals surface area (Å²) < 4.78 is 40.2. The van der Waals surface area contributed by atoms with Gasteiger partial charge in [-0.25, -0.2) is 12.8 Å². The zero-order chi connectivity index (χ0) is 16.2. The molecule has 6 nitrogen and oxygen atoms in total. The van der Waals surface area contributed by atoms with Gasteiger partial charge in [-0.1, -0.05) is 6.42 Å². The van der Waals surface area contributed by atoms with E-state index in [0.717, 1.165) is 31.4 Å². The van der Waals surface area contributed by atoms with Gasteiger partial charge in [0.25, 0.3) is 5.91 Å². The third kappa shape index (κ3) is 3.63. The minimum atomic E-state index is -3.94. The van der Waals surface area contributed by atoms with Gasteiger partial charge in [-0.05, 0) is 31.0 Å². The second-order valence-electron chi connectivity index (χ2n) is 5.09. The topological polar surface area (TPSA) is 86.7 Å². The van der Waals surface area contributed by atoms with Gasteiger partial charge in [-0.2, -0.15) is 4.31 Å². The normalized spacial score (nSPS) is 16.5. The third-order valence-electron chi connectivity index (χ3n) is 3.52. The van der Waals surface area contributed by atoms with Crippen LogP contribution in [0.15, 0.2) is 23.1 Å². The standard InChI is InChI=1S/C14H19FN2O4S/c15-12-5-4-11(14(19)16-6-9-18)10-13(12)22(20,21)17-7-2-1-3-8-17/h4-5,10,18H,1-3,6-9H2,(H,16,19). The fraction of sp³-hybridized carbons (Fsp3) is 0.500. The van der Waals surface area contributed by atoms with Crippen LogP contribution in [0.5, 0.6) is 0 Å². The Hall–Kier alpha value is -1.51. The Morgan fingerprint density at radius 3 is 2.59 bits per heavy atom. The summed E-state index contributed by atoms with van der Waals surface area (Å²) in [6.07, 6.45) is 2.45. The van der Waals surface area contributed by atoms with Gasteiger partial charge in [-0.15, -0.1) is 0 Å². The van der Waals surface area contributed by atoms with Gasteiger partial charge in [0.1, 0.15) is 10.7 Å². The molecule has 1 amide bonds. The second-order valence-corrected chi connectivity index (χ2v) is 7.00. The molecule has 0 unspecified atom stereocenters. The molecule has 1 aromatic carbocycles. The van der Waals surface area contributed by atoms with Crippen LogP contribution in [-0.2, 0) is 10.0 Å². The van der Waals surface area contributed by atoms with Crippen molar-refractivity contribution in [2.45, 2.75) is 24.2 Å². The van der Waals surface area contributed by atoms with Crippen molar-refractivity contribution < 1.29 is 22.7 Å². The number of piperidine rings is 1. The maximum atomic E-state index is 14.0. The van der Waals surface area contributed by atoms with Crippen LogP contribution in [0.1, 0.15) is 29.6 Å². The van der Waals surface area contributed by atoms with Crippen LogP contribution in [0, 0.1) is 5.82 Å². The number of carbonyl (C=O) groups is 1. The Morgan fingerprint density at radius 1 is 1.27 bits per heavy atom. The van der Waals surface area contributed by atoms with E-state index in [1.807, 2.05) is 0 Å². The van der Waals surface area contributed by atoms with Crippen LogP contribution in [0.3, 0.4) is 0 Å². The molecule has 1 aliphatic rings. The van der Waals surface area contributed by atoms with E-state index >= 15 is 0 Å². The van der Waals surface area contributed by atoms with E-state index in [1.54, 1.807) is 0 Å². The van der Waals surface area contributed by atoms with E-state index in [0.29, 0.717) is 13.1 Å². The number of amides is 1. The van der Waals surface area contributed by atoms with E-state index in [4.69, 9.17) is 5.11 Å². The molecule has 0 aliphatic carbocycles. The molecule has 2 N–H and O–H groups in total. The number of halogens is 1. The van der Waals surface area contributed by atoms with E-state index < -0.39 is 26.6 Å². The van der Waals surface area contributed by atoms with Gasteiger partial charge in [-0.3, -0.25) is 4.79 Å². The van der Waals surface area contributed by atoms with Crippen molar-refractivity contribution in [3.05, 3.63) is 29.6 Å². The maximum Gasteiger partial charge on any atom is 0.251 e. The molecular weight excluding hydrogens is 311 g/mol. The number of sulfonamides is 1. The lowest BCUT2D eigenvalue weighted by atomic mass is 10.2. The first-order valence-electron chi connectivity index (χ1n) is 7.15. The SMILES string of the molecule is O=C(NCCO)c1ccc(F)c(S(=O)(=O)N2CCCCC2)c1. The van der Waals surface area contributed by atoms with E-state index in [2.05, 4.69) is 5.32 Å².